The molecule has 0 spiro atoms. The normalized spacial score (nSPS) is 46.8. The van der Waals surface area contributed by atoms with E-state index in [0.29, 0.717) is 5.92 Å². The lowest BCUT2D eigenvalue weighted by Crippen LogP contribution is -2.40. The summed E-state index contributed by atoms with van der Waals surface area (Å²) < 4.78 is 40.5. The van der Waals surface area contributed by atoms with Gasteiger partial charge in [-0.3, -0.25) is 0 Å². The van der Waals surface area contributed by atoms with E-state index in [2.05, 4.69) is 6.92 Å². The van der Waals surface area contributed by atoms with E-state index in [1.807, 2.05) is 13.8 Å². The first-order valence-corrected chi connectivity index (χ1v) is 10.5. The van der Waals surface area contributed by atoms with E-state index in [1.165, 1.54) is 38.5 Å². The highest BCUT2D eigenvalue weighted by atomic mass is 19.2. The van der Waals surface area contributed by atoms with Crippen LogP contribution in [0, 0.1) is 29.6 Å². The molecule has 0 heterocycles. The predicted octanol–water partition coefficient (Wildman–Crippen LogP) is 7.07. The summed E-state index contributed by atoms with van der Waals surface area (Å²) >= 11 is 0. The first-order valence-electron chi connectivity index (χ1n) is 10.5. The Labute approximate surface area is 147 Å². The monoisotopic (exact) mass is 346 g/mol. The number of halogens is 3. The van der Waals surface area contributed by atoms with Crippen LogP contribution in [-0.4, -0.2) is 18.5 Å². The topological polar surface area (TPSA) is 0 Å². The average Bonchev–Trinajstić information content (AvgIpc) is 2.62. The molecule has 0 N–H and O–H groups in total. The van der Waals surface area contributed by atoms with Crippen molar-refractivity contribution in [3.63, 3.8) is 0 Å². The molecule has 0 radical (unpaired) electrons. The third-order valence-electron chi connectivity index (χ3n) is 6.96. The van der Waals surface area contributed by atoms with Gasteiger partial charge in [-0.25, -0.2) is 13.2 Å². The minimum Gasteiger partial charge on any atom is -0.244 e. The Bertz CT molecular complexity index is 331. The van der Waals surface area contributed by atoms with Gasteiger partial charge in [0.05, 0.1) is 0 Å². The van der Waals surface area contributed by atoms with Crippen molar-refractivity contribution in [2.75, 3.05) is 0 Å². The Hall–Kier alpha value is -0.210. The van der Waals surface area contributed by atoms with E-state index < -0.39 is 18.5 Å². The number of hydrogen-bond donors (Lipinski definition) is 0. The predicted molar refractivity (Wildman–Crippen MR) is 95.3 cm³/mol. The van der Waals surface area contributed by atoms with Gasteiger partial charge in [0.2, 0.25) is 0 Å². The van der Waals surface area contributed by atoms with Crippen molar-refractivity contribution in [1.29, 1.82) is 0 Å². The van der Waals surface area contributed by atoms with Gasteiger partial charge >= 0.3 is 0 Å². The van der Waals surface area contributed by atoms with Gasteiger partial charge in [0.25, 0.3) is 0 Å². The molecule has 0 bridgehead atoms. The molecule has 0 aromatic carbocycles. The zero-order valence-electron chi connectivity index (χ0n) is 15.8. The van der Waals surface area contributed by atoms with E-state index in [1.54, 1.807) is 0 Å². The van der Waals surface area contributed by atoms with Gasteiger partial charge in [-0.2, -0.15) is 0 Å². The van der Waals surface area contributed by atoms with Crippen molar-refractivity contribution in [1.82, 2.24) is 0 Å². The van der Waals surface area contributed by atoms with Gasteiger partial charge in [-0.15, -0.1) is 0 Å². The lowest BCUT2D eigenvalue weighted by molar-refractivity contribution is -0.00699. The lowest BCUT2D eigenvalue weighted by Gasteiger charge is -2.41. The molecule has 3 rings (SSSR count). The van der Waals surface area contributed by atoms with Crippen LogP contribution in [0.1, 0.15) is 85.0 Å². The highest BCUT2D eigenvalue weighted by molar-refractivity contribution is 4.91. The van der Waals surface area contributed by atoms with E-state index >= 15 is 0 Å². The second-order valence-corrected chi connectivity index (χ2v) is 8.40. The Balaban J connectivity index is 0.00000100. The largest absolute Gasteiger partial charge is 0.244 e. The summed E-state index contributed by atoms with van der Waals surface area (Å²) in [6.07, 6.45) is 5.64. The smallest absolute Gasteiger partial charge is 0.162 e. The van der Waals surface area contributed by atoms with Gasteiger partial charge in [0, 0.05) is 0 Å². The van der Waals surface area contributed by atoms with Gasteiger partial charge in [0.1, 0.15) is 12.3 Å². The number of rotatable bonds is 2. The summed E-state index contributed by atoms with van der Waals surface area (Å²) in [5.74, 6) is 3.13. The first-order chi connectivity index (χ1) is 11.5. The molecule has 3 fully saturated rings. The molecule has 142 valence electrons. The van der Waals surface area contributed by atoms with Crippen molar-refractivity contribution < 1.29 is 13.2 Å². The van der Waals surface area contributed by atoms with Crippen molar-refractivity contribution >= 4 is 0 Å². The molecule has 0 aromatic rings. The fourth-order valence-electron chi connectivity index (χ4n) is 5.39. The molecule has 0 aromatic heterocycles. The van der Waals surface area contributed by atoms with Crippen LogP contribution in [0.3, 0.4) is 0 Å². The van der Waals surface area contributed by atoms with Gasteiger partial charge in [0.15, 0.2) is 6.17 Å². The second-order valence-electron chi connectivity index (χ2n) is 8.40. The van der Waals surface area contributed by atoms with Gasteiger partial charge in [-0.05, 0) is 81.0 Å². The maximum absolute atomic E-state index is 13.6. The molecular weight excluding hydrogens is 309 g/mol. The molecule has 2 atom stereocenters. The molecule has 0 amide bonds. The third kappa shape index (κ3) is 4.91. The van der Waals surface area contributed by atoms with E-state index in [4.69, 9.17) is 0 Å². The van der Waals surface area contributed by atoms with Crippen molar-refractivity contribution in [3.8, 4) is 0 Å². The van der Waals surface area contributed by atoms with Crippen LogP contribution in [0.4, 0.5) is 13.2 Å². The summed E-state index contributed by atoms with van der Waals surface area (Å²) in [5.41, 5.74) is 0. The van der Waals surface area contributed by atoms with Crippen LogP contribution < -0.4 is 0 Å². The van der Waals surface area contributed by atoms with E-state index in [9.17, 15) is 13.2 Å². The number of hydrogen-bond acceptors (Lipinski definition) is 0. The van der Waals surface area contributed by atoms with E-state index in [-0.39, 0.29) is 18.8 Å². The van der Waals surface area contributed by atoms with Gasteiger partial charge in [-0.1, -0.05) is 33.6 Å². The summed E-state index contributed by atoms with van der Waals surface area (Å²) in [6.45, 7) is 6.36. The third-order valence-corrected chi connectivity index (χ3v) is 6.96. The maximum Gasteiger partial charge on any atom is 0.162 e. The molecule has 0 aliphatic heterocycles. The first kappa shape index (κ1) is 20.1. The van der Waals surface area contributed by atoms with Crippen LogP contribution in [0.15, 0.2) is 0 Å². The Kier molecular flexibility index (Phi) is 7.94. The minimum absolute atomic E-state index is 0.0735. The highest BCUT2D eigenvalue weighted by Crippen LogP contribution is 2.46. The van der Waals surface area contributed by atoms with Crippen molar-refractivity contribution in [3.05, 3.63) is 0 Å². The minimum atomic E-state index is -1.88. The van der Waals surface area contributed by atoms with E-state index in [0.717, 1.165) is 30.6 Å². The van der Waals surface area contributed by atoms with Gasteiger partial charge < -0.3 is 0 Å². The fraction of sp³-hybridized carbons (Fsp3) is 1.00. The molecule has 3 saturated carbocycles. The van der Waals surface area contributed by atoms with Crippen LogP contribution in [0.25, 0.3) is 0 Å². The summed E-state index contributed by atoms with van der Waals surface area (Å²) in [7, 11) is 0. The molecule has 2 unspecified atom stereocenters. The Morgan fingerprint density at radius 2 is 0.875 bits per heavy atom. The number of alkyl halides is 3. The average molecular weight is 347 g/mol. The quantitative estimate of drug-likeness (QED) is 0.501. The molecule has 0 saturated heterocycles. The van der Waals surface area contributed by atoms with Crippen molar-refractivity contribution in [2.45, 2.75) is 103 Å². The zero-order chi connectivity index (χ0) is 17.7. The maximum atomic E-state index is 13.6. The molecule has 3 aliphatic rings. The van der Waals surface area contributed by atoms with Crippen LogP contribution in [0.2, 0.25) is 0 Å². The zero-order valence-corrected chi connectivity index (χ0v) is 15.8. The second kappa shape index (κ2) is 9.48. The fourth-order valence-corrected chi connectivity index (χ4v) is 5.39. The molecule has 0 nitrogen and oxygen atoms in total. The molecule has 3 aliphatic carbocycles. The summed E-state index contributed by atoms with van der Waals surface area (Å²) in [4.78, 5) is 0. The summed E-state index contributed by atoms with van der Waals surface area (Å²) in [5, 5.41) is 0. The molecule has 24 heavy (non-hydrogen) atoms. The Morgan fingerprint density at radius 3 is 1.29 bits per heavy atom. The van der Waals surface area contributed by atoms with Crippen LogP contribution >= 0.6 is 0 Å². The summed E-state index contributed by atoms with van der Waals surface area (Å²) in [6, 6.07) is 0. The standard InChI is InChI=1S/C19H31F3.C2H6/c1-12-2-4-13(5-3-12)14-6-8-15(9-7-14)16-10-17(20)19(22)18(21)11-16;1-2/h12-19H,2-11H2,1H3;1-2H3. The SMILES string of the molecule is CC.CC1CCC(C2CCC(C3CC(F)C(F)C(F)C3)CC2)CC1. The van der Waals surface area contributed by atoms with Crippen LogP contribution in [0.5, 0.6) is 0 Å². The lowest BCUT2D eigenvalue weighted by atomic mass is 9.65. The Morgan fingerprint density at radius 1 is 0.542 bits per heavy atom. The highest BCUT2D eigenvalue weighted by Gasteiger charge is 2.42. The van der Waals surface area contributed by atoms with Crippen molar-refractivity contribution in [2.24, 2.45) is 29.6 Å². The molecular formula is C21H37F3. The molecule has 3 heteroatoms. The van der Waals surface area contributed by atoms with Crippen LogP contribution in [-0.2, 0) is 0 Å².